The maximum atomic E-state index is 12.1. The fourth-order valence-electron chi connectivity index (χ4n) is 2.30. The van der Waals surface area contributed by atoms with Gasteiger partial charge in [0.25, 0.3) is 0 Å². The molecule has 0 saturated carbocycles. The third-order valence-electron chi connectivity index (χ3n) is 3.55. The number of benzene rings is 2. The molecule has 24 heavy (non-hydrogen) atoms. The summed E-state index contributed by atoms with van der Waals surface area (Å²) in [5, 5.41) is 16.6. The Kier molecular flexibility index (Phi) is 4.81. The lowest BCUT2D eigenvalue weighted by Gasteiger charge is -2.07. The Balaban J connectivity index is 1.54. The van der Waals surface area contributed by atoms with E-state index in [-0.39, 0.29) is 5.91 Å². The molecule has 0 radical (unpaired) electrons. The topological polar surface area (TPSA) is 92.8 Å². The molecule has 1 amide bonds. The molecule has 7 heteroatoms. The molecular weight excluding hydrogens is 306 g/mol. The maximum Gasteiger partial charge on any atom is 0.224 e. The van der Waals surface area contributed by atoms with Crippen LogP contribution in [0.25, 0.3) is 11.4 Å². The van der Waals surface area contributed by atoms with Crippen molar-refractivity contribution in [1.29, 1.82) is 0 Å². The lowest BCUT2D eigenvalue weighted by atomic mass is 10.1. The summed E-state index contributed by atoms with van der Waals surface area (Å²) in [6, 6.07) is 15.0. The number of ether oxygens (including phenoxy) is 1. The molecule has 0 fully saturated rings. The molecule has 0 bridgehead atoms. The van der Waals surface area contributed by atoms with Crippen LogP contribution < -0.4 is 10.1 Å². The molecule has 2 aromatic carbocycles. The van der Waals surface area contributed by atoms with Crippen molar-refractivity contribution in [2.24, 2.45) is 0 Å². The Morgan fingerprint density at radius 2 is 2.04 bits per heavy atom. The Labute approximate surface area is 139 Å². The Hall–Kier alpha value is -3.22. The van der Waals surface area contributed by atoms with Crippen LogP contribution in [0.15, 0.2) is 48.5 Å². The van der Waals surface area contributed by atoms with Crippen molar-refractivity contribution in [2.75, 3.05) is 12.4 Å². The quantitative estimate of drug-likeness (QED) is 0.727. The number of amides is 1. The van der Waals surface area contributed by atoms with Crippen molar-refractivity contribution in [2.45, 2.75) is 12.8 Å². The van der Waals surface area contributed by atoms with Crippen molar-refractivity contribution in [3.05, 3.63) is 54.1 Å². The van der Waals surface area contributed by atoms with Gasteiger partial charge in [-0.2, -0.15) is 5.21 Å². The van der Waals surface area contributed by atoms with E-state index in [1.165, 1.54) is 0 Å². The van der Waals surface area contributed by atoms with E-state index >= 15 is 0 Å². The molecule has 3 aromatic rings. The summed E-state index contributed by atoms with van der Waals surface area (Å²) in [5.41, 5.74) is 2.63. The number of H-pyrrole nitrogens is 1. The summed E-state index contributed by atoms with van der Waals surface area (Å²) in [6.45, 7) is 0. The first-order valence-corrected chi connectivity index (χ1v) is 7.51. The standard InChI is InChI=1S/C17H17N5O2/c1-24-15-4-2-3-12(11-15)5-10-16(23)18-14-8-6-13(7-9-14)17-19-21-22-20-17/h2-4,6-9,11H,5,10H2,1H3,(H,18,23)(H,19,20,21,22). The zero-order valence-electron chi connectivity index (χ0n) is 13.2. The largest absolute Gasteiger partial charge is 0.497 e. The SMILES string of the molecule is COc1cccc(CCC(=O)Nc2ccc(-c3nn[nH]n3)cc2)c1. The van der Waals surface area contributed by atoms with Gasteiger partial charge in [-0.25, -0.2) is 0 Å². The van der Waals surface area contributed by atoms with Gasteiger partial charge in [0, 0.05) is 17.7 Å². The number of tetrazole rings is 1. The summed E-state index contributed by atoms with van der Waals surface area (Å²) in [5.74, 6) is 1.28. The Morgan fingerprint density at radius 1 is 1.21 bits per heavy atom. The molecular formula is C17H17N5O2. The minimum atomic E-state index is -0.0369. The predicted octanol–water partition coefficient (Wildman–Crippen LogP) is 2.45. The number of nitrogens with zero attached hydrogens (tertiary/aromatic N) is 3. The molecule has 0 aliphatic carbocycles. The summed E-state index contributed by atoms with van der Waals surface area (Å²) in [6.07, 6.45) is 1.06. The fraction of sp³-hybridized carbons (Fsp3) is 0.176. The van der Waals surface area contributed by atoms with Crippen molar-refractivity contribution in [1.82, 2.24) is 20.6 Å². The number of hydrogen-bond donors (Lipinski definition) is 2. The number of hydrogen-bond acceptors (Lipinski definition) is 5. The number of rotatable bonds is 6. The first-order valence-electron chi connectivity index (χ1n) is 7.51. The highest BCUT2D eigenvalue weighted by Gasteiger charge is 2.06. The van der Waals surface area contributed by atoms with E-state index < -0.39 is 0 Å². The van der Waals surface area contributed by atoms with Crippen LogP contribution in [-0.4, -0.2) is 33.6 Å². The average Bonchev–Trinajstić information content (AvgIpc) is 3.15. The highest BCUT2D eigenvalue weighted by Crippen LogP contribution is 2.17. The lowest BCUT2D eigenvalue weighted by molar-refractivity contribution is -0.116. The van der Waals surface area contributed by atoms with Crippen LogP contribution in [0.2, 0.25) is 0 Å². The van der Waals surface area contributed by atoms with Crippen LogP contribution in [0, 0.1) is 0 Å². The number of carbonyl (C=O) groups excluding carboxylic acids is 1. The van der Waals surface area contributed by atoms with Gasteiger partial charge in [-0.1, -0.05) is 12.1 Å². The predicted molar refractivity (Wildman–Crippen MR) is 89.6 cm³/mol. The Bertz CT molecular complexity index is 800. The van der Waals surface area contributed by atoms with E-state index in [9.17, 15) is 4.79 Å². The smallest absolute Gasteiger partial charge is 0.224 e. The van der Waals surface area contributed by atoms with Gasteiger partial charge >= 0.3 is 0 Å². The normalized spacial score (nSPS) is 10.4. The number of aryl methyl sites for hydroxylation is 1. The molecule has 2 N–H and O–H groups in total. The number of carbonyl (C=O) groups is 1. The summed E-state index contributed by atoms with van der Waals surface area (Å²) in [7, 11) is 1.63. The molecule has 0 aliphatic heterocycles. The van der Waals surface area contributed by atoms with Gasteiger partial charge in [-0.15, -0.1) is 10.2 Å². The van der Waals surface area contributed by atoms with Gasteiger partial charge < -0.3 is 10.1 Å². The molecule has 0 aliphatic rings. The van der Waals surface area contributed by atoms with Crippen molar-refractivity contribution in [3.8, 4) is 17.1 Å². The molecule has 0 unspecified atom stereocenters. The number of nitrogens with one attached hydrogen (secondary N) is 2. The van der Waals surface area contributed by atoms with Gasteiger partial charge in [0.15, 0.2) is 0 Å². The monoisotopic (exact) mass is 323 g/mol. The summed E-state index contributed by atoms with van der Waals surface area (Å²) in [4.78, 5) is 12.1. The second-order valence-electron chi connectivity index (χ2n) is 5.21. The number of anilines is 1. The maximum absolute atomic E-state index is 12.1. The third kappa shape index (κ3) is 3.95. The van der Waals surface area contributed by atoms with Gasteiger partial charge in [-0.3, -0.25) is 4.79 Å². The average molecular weight is 323 g/mol. The van der Waals surface area contributed by atoms with Crippen LogP contribution in [0.4, 0.5) is 5.69 Å². The van der Waals surface area contributed by atoms with Crippen molar-refractivity contribution < 1.29 is 9.53 Å². The van der Waals surface area contributed by atoms with Crippen LogP contribution >= 0.6 is 0 Å². The van der Waals surface area contributed by atoms with Crippen molar-refractivity contribution >= 4 is 11.6 Å². The Morgan fingerprint density at radius 3 is 2.75 bits per heavy atom. The summed E-state index contributed by atoms with van der Waals surface area (Å²) < 4.78 is 5.18. The van der Waals surface area contributed by atoms with E-state index in [0.717, 1.165) is 22.6 Å². The molecule has 7 nitrogen and oxygen atoms in total. The first kappa shape index (κ1) is 15.7. The fourth-order valence-corrected chi connectivity index (χ4v) is 2.30. The molecule has 3 rings (SSSR count). The molecule has 1 aromatic heterocycles. The van der Waals surface area contributed by atoms with E-state index in [1.807, 2.05) is 48.5 Å². The van der Waals surface area contributed by atoms with Crippen LogP contribution in [0.3, 0.4) is 0 Å². The second kappa shape index (κ2) is 7.36. The molecule has 0 spiro atoms. The summed E-state index contributed by atoms with van der Waals surface area (Å²) >= 11 is 0. The highest BCUT2D eigenvalue weighted by atomic mass is 16.5. The zero-order valence-corrected chi connectivity index (χ0v) is 13.2. The molecule has 0 atom stereocenters. The highest BCUT2D eigenvalue weighted by molar-refractivity contribution is 5.91. The lowest BCUT2D eigenvalue weighted by Crippen LogP contribution is -2.12. The van der Waals surface area contributed by atoms with E-state index in [0.29, 0.717) is 18.7 Å². The molecule has 1 heterocycles. The van der Waals surface area contributed by atoms with Crippen LogP contribution in [0.5, 0.6) is 5.75 Å². The van der Waals surface area contributed by atoms with E-state index in [4.69, 9.17) is 4.74 Å². The number of aromatic nitrogens is 4. The zero-order chi connectivity index (χ0) is 16.8. The minimum Gasteiger partial charge on any atom is -0.497 e. The van der Waals surface area contributed by atoms with Crippen molar-refractivity contribution in [3.63, 3.8) is 0 Å². The van der Waals surface area contributed by atoms with Gasteiger partial charge in [0.1, 0.15) is 5.75 Å². The van der Waals surface area contributed by atoms with Crippen LogP contribution in [0.1, 0.15) is 12.0 Å². The third-order valence-corrected chi connectivity index (χ3v) is 3.55. The van der Waals surface area contributed by atoms with Gasteiger partial charge in [0.2, 0.25) is 11.7 Å². The minimum absolute atomic E-state index is 0.0369. The number of aromatic amines is 1. The molecule has 0 saturated heterocycles. The number of methoxy groups -OCH3 is 1. The van der Waals surface area contributed by atoms with E-state index in [2.05, 4.69) is 25.9 Å². The van der Waals surface area contributed by atoms with Crippen LogP contribution in [-0.2, 0) is 11.2 Å². The van der Waals surface area contributed by atoms with E-state index in [1.54, 1.807) is 7.11 Å². The van der Waals surface area contributed by atoms with Gasteiger partial charge in [0.05, 0.1) is 7.11 Å². The first-order chi connectivity index (χ1) is 11.7. The molecule has 122 valence electrons. The van der Waals surface area contributed by atoms with Gasteiger partial charge in [-0.05, 0) is 53.6 Å². The second-order valence-corrected chi connectivity index (χ2v) is 5.21.